The van der Waals surface area contributed by atoms with E-state index in [1.807, 2.05) is 4.90 Å². The summed E-state index contributed by atoms with van der Waals surface area (Å²) in [4.78, 5) is 26.7. The summed E-state index contributed by atoms with van der Waals surface area (Å²) in [7, 11) is 1.35. The van der Waals surface area contributed by atoms with Crippen LogP contribution >= 0.6 is 0 Å². The second kappa shape index (κ2) is 7.95. The van der Waals surface area contributed by atoms with Crippen LogP contribution in [-0.2, 0) is 14.3 Å². The van der Waals surface area contributed by atoms with Crippen molar-refractivity contribution in [2.45, 2.75) is 31.7 Å². The largest absolute Gasteiger partial charge is 0.468 e. The smallest absolute Gasteiger partial charge is 0.327 e. The van der Waals surface area contributed by atoms with Crippen molar-refractivity contribution in [3.8, 4) is 0 Å². The van der Waals surface area contributed by atoms with Gasteiger partial charge in [-0.25, -0.2) is 9.18 Å². The second-order valence-electron chi connectivity index (χ2n) is 7.00. The van der Waals surface area contributed by atoms with Crippen LogP contribution in [0.1, 0.15) is 37.3 Å². The summed E-state index contributed by atoms with van der Waals surface area (Å²) in [6, 6.07) is 5.29. The average molecular weight is 348 g/mol. The monoisotopic (exact) mass is 348 g/mol. The van der Waals surface area contributed by atoms with Crippen molar-refractivity contribution in [2.75, 3.05) is 26.7 Å². The first-order valence-electron chi connectivity index (χ1n) is 8.93. The van der Waals surface area contributed by atoms with Crippen LogP contribution in [0.2, 0.25) is 0 Å². The summed E-state index contributed by atoms with van der Waals surface area (Å²) < 4.78 is 18.2. The van der Waals surface area contributed by atoms with Crippen molar-refractivity contribution < 1.29 is 18.7 Å². The number of hydrogen-bond donors (Lipinski definition) is 1. The molecule has 2 atom stereocenters. The van der Waals surface area contributed by atoms with Crippen LogP contribution in [0.15, 0.2) is 24.3 Å². The van der Waals surface area contributed by atoms with Gasteiger partial charge in [0.25, 0.3) is 0 Å². The summed E-state index contributed by atoms with van der Waals surface area (Å²) in [5.41, 5.74) is 0.687. The van der Waals surface area contributed by atoms with E-state index in [0.717, 1.165) is 19.4 Å². The predicted molar refractivity (Wildman–Crippen MR) is 91.2 cm³/mol. The molecule has 1 aromatic rings. The minimum atomic E-state index is -0.607. The van der Waals surface area contributed by atoms with E-state index in [1.54, 1.807) is 12.1 Å². The molecule has 1 saturated heterocycles. The lowest BCUT2D eigenvalue weighted by Gasteiger charge is -2.36. The molecule has 1 aliphatic carbocycles. The van der Waals surface area contributed by atoms with Crippen LogP contribution in [0.5, 0.6) is 0 Å². The summed E-state index contributed by atoms with van der Waals surface area (Å²) >= 11 is 0. The maximum absolute atomic E-state index is 13.2. The quantitative estimate of drug-likeness (QED) is 0.802. The maximum atomic E-state index is 13.2. The van der Waals surface area contributed by atoms with E-state index in [-0.39, 0.29) is 23.6 Å². The first-order chi connectivity index (χ1) is 12.1. The van der Waals surface area contributed by atoms with Crippen molar-refractivity contribution >= 4 is 11.9 Å². The Bertz CT molecular complexity index is 616. The fraction of sp³-hybridized carbons (Fsp3) is 0.579. The molecule has 0 bridgehead atoms. The zero-order chi connectivity index (χ0) is 17.8. The number of nitrogens with one attached hydrogen (secondary N) is 1. The number of rotatable bonds is 6. The number of hydrogen-bond acceptors (Lipinski definition) is 4. The number of amides is 1. The van der Waals surface area contributed by atoms with E-state index in [0.29, 0.717) is 24.6 Å². The highest BCUT2D eigenvalue weighted by Gasteiger charge is 2.35. The van der Waals surface area contributed by atoms with Gasteiger partial charge in [0.2, 0.25) is 5.91 Å². The van der Waals surface area contributed by atoms with Gasteiger partial charge in [-0.15, -0.1) is 0 Å². The average Bonchev–Trinajstić information content (AvgIpc) is 3.46. The van der Waals surface area contributed by atoms with Crippen LogP contribution in [0.25, 0.3) is 0 Å². The number of esters is 1. The topological polar surface area (TPSA) is 58.6 Å². The molecule has 1 saturated carbocycles. The van der Waals surface area contributed by atoms with Crippen molar-refractivity contribution in [2.24, 2.45) is 11.8 Å². The molecule has 3 rings (SSSR count). The highest BCUT2D eigenvalue weighted by molar-refractivity contribution is 5.80. The normalized spacial score (nSPS) is 22.2. The van der Waals surface area contributed by atoms with Gasteiger partial charge >= 0.3 is 5.97 Å². The number of piperidine rings is 1. The minimum Gasteiger partial charge on any atom is -0.468 e. The highest BCUT2D eigenvalue weighted by atomic mass is 19.1. The lowest BCUT2D eigenvalue weighted by molar-refractivity contribution is -0.149. The van der Waals surface area contributed by atoms with Crippen LogP contribution < -0.4 is 5.32 Å². The Balaban J connectivity index is 1.69. The van der Waals surface area contributed by atoms with Gasteiger partial charge in [0.1, 0.15) is 11.9 Å². The third kappa shape index (κ3) is 4.57. The molecule has 2 fully saturated rings. The molecule has 1 amide bonds. The first-order valence-corrected chi connectivity index (χ1v) is 8.93. The van der Waals surface area contributed by atoms with Crippen LogP contribution in [0.4, 0.5) is 4.39 Å². The number of carbonyl (C=O) groups is 2. The van der Waals surface area contributed by atoms with Crippen molar-refractivity contribution in [1.29, 1.82) is 0 Å². The van der Waals surface area contributed by atoms with Crippen LogP contribution in [0.3, 0.4) is 0 Å². The molecule has 1 heterocycles. The molecule has 2 aliphatic rings. The Morgan fingerprint density at radius 2 is 2.00 bits per heavy atom. The number of benzene rings is 1. The molecule has 6 heteroatoms. The SMILES string of the molecule is COC(=O)C(c1ccc(F)cc1)N1CCCC(C(=O)NCC2CC2)C1. The zero-order valence-corrected chi connectivity index (χ0v) is 14.5. The molecule has 136 valence electrons. The van der Waals surface area contributed by atoms with E-state index in [9.17, 15) is 14.0 Å². The summed E-state index contributed by atoms with van der Waals surface area (Å²) in [6.45, 7) is 1.98. The van der Waals surface area contributed by atoms with Gasteiger partial charge in [-0.2, -0.15) is 0 Å². The Morgan fingerprint density at radius 1 is 1.28 bits per heavy atom. The Morgan fingerprint density at radius 3 is 2.64 bits per heavy atom. The molecule has 1 aromatic carbocycles. The molecule has 1 aliphatic heterocycles. The van der Waals surface area contributed by atoms with Gasteiger partial charge in [0.05, 0.1) is 13.0 Å². The number of ether oxygens (including phenoxy) is 1. The zero-order valence-electron chi connectivity index (χ0n) is 14.5. The molecule has 0 aromatic heterocycles. The Hall–Kier alpha value is -1.95. The number of halogens is 1. The van der Waals surface area contributed by atoms with Gasteiger partial charge in [-0.05, 0) is 55.8 Å². The molecule has 0 spiro atoms. The van der Waals surface area contributed by atoms with E-state index in [1.165, 1.54) is 32.1 Å². The first kappa shape index (κ1) is 17.9. The lowest BCUT2D eigenvalue weighted by atomic mass is 9.94. The minimum absolute atomic E-state index is 0.0688. The Kier molecular flexibility index (Phi) is 5.68. The van der Waals surface area contributed by atoms with Gasteiger partial charge in [-0.3, -0.25) is 9.69 Å². The Labute approximate surface area is 147 Å². The summed E-state index contributed by atoms with van der Waals surface area (Å²) in [6.07, 6.45) is 4.07. The predicted octanol–water partition coefficient (Wildman–Crippen LogP) is 2.28. The number of likely N-dealkylation sites (tertiary alicyclic amines) is 1. The van der Waals surface area contributed by atoms with Crippen LogP contribution in [0, 0.1) is 17.7 Å². The number of carbonyl (C=O) groups excluding carboxylic acids is 2. The number of methoxy groups -OCH3 is 1. The van der Waals surface area contributed by atoms with Crippen LogP contribution in [-0.4, -0.2) is 43.5 Å². The van der Waals surface area contributed by atoms with Gasteiger partial charge < -0.3 is 10.1 Å². The van der Waals surface area contributed by atoms with Gasteiger partial charge in [-0.1, -0.05) is 12.1 Å². The molecule has 0 radical (unpaired) electrons. The molecule has 1 N–H and O–H groups in total. The molecule has 25 heavy (non-hydrogen) atoms. The summed E-state index contributed by atoms with van der Waals surface area (Å²) in [5, 5.41) is 3.03. The van der Waals surface area contributed by atoms with Crippen molar-refractivity contribution in [1.82, 2.24) is 10.2 Å². The van der Waals surface area contributed by atoms with Gasteiger partial charge in [0.15, 0.2) is 0 Å². The fourth-order valence-electron chi connectivity index (χ4n) is 3.42. The summed E-state index contributed by atoms with van der Waals surface area (Å²) in [5.74, 6) is -0.140. The molecule has 5 nitrogen and oxygen atoms in total. The van der Waals surface area contributed by atoms with E-state index >= 15 is 0 Å². The molecular weight excluding hydrogens is 323 g/mol. The standard InChI is InChI=1S/C19H25FN2O3/c1-25-19(24)17(14-6-8-16(20)9-7-14)22-10-2-3-15(12-22)18(23)21-11-13-4-5-13/h6-9,13,15,17H,2-5,10-12H2,1H3,(H,21,23). The maximum Gasteiger partial charge on any atom is 0.327 e. The van der Waals surface area contributed by atoms with E-state index in [2.05, 4.69) is 5.32 Å². The molecular formula is C19H25FN2O3. The van der Waals surface area contributed by atoms with Gasteiger partial charge in [0, 0.05) is 13.1 Å². The van der Waals surface area contributed by atoms with Crippen molar-refractivity contribution in [3.63, 3.8) is 0 Å². The van der Waals surface area contributed by atoms with E-state index in [4.69, 9.17) is 4.74 Å². The lowest BCUT2D eigenvalue weighted by Crippen LogP contribution is -2.46. The second-order valence-corrected chi connectivity index (χ2v) is 7.00. The third-order valence-electron chi connectivity index (χ3n) is 5.06. The highest BCUT2D eigenvalue weighted by Crippen LogP contribution is 2.30. The van der Waals surface area contributed by atoms with Crippen molar-refractivity contribution in [3.05, 3.63) is 35.6 Å². The molecule has 2 unspecified atom stereocenters. The fourth-order valence-corrected chi connectivity index (χ4v) is 3.42. The third-order valence-corrected chi connectivity index (χ3v) is 5.06. The van der Waals surface area contributed by atoms with E-state index < -0.39 is 6.04 Å². The number of nitrogens with zero attached hydrogens (tertiary/aromatic N) is 1.